The third kappa shape index (κ3) is 3.19. The third-order valence-electron chi connectivity index (χ3n) is 8.56. The number of hydrogen-bond acceptors (Lipinski definition) is 3. The molecule has 5 nitrogen and oxygen atoms in total. The normalized spacial score (nSPS) is 37.3. The second-order valence-electron chi connectivity index (χ2n) is 10.9. The molecule has 5 fully saturated rings. The summed E-state index contributed by atoms with van der Waals surface area (Å²) in [5, 5.41) is 0. The minimum absolute atomic E-state index is 0.188. The lowest BCUT2D eigenvalue weighted by atomic mass is 9.49. The van der Waals surface area contributed by atoms with Crippen molar-refractivity contribution in [3.8, 4) is 0 Å². The molecule has 2 atom stereocenters. The number of sulfonamides is 1. The maximum absolute atomic E-state index is 14.0. The molecular weight excluding hydrogens is 432 g/mol. The van der Waals surface area contributed by atoms with Gasteiger partial charge in [0.2, 0.25) is 15.9 Å². The van der Waals surface area contributed by atoms with E-state index in [1.807, 2.05) is 17.0 Å². The predicted molar refractivity (Wildman–Crippen MR) is 121 cm³/mol. The SMILES string of the molecule is O=C(N1CCCc2cc(S(=O)(=O)N3CCCC3)ccc21)C12CC3CC(CC(Cl)(C3)C1)C2. The molecule has 6 aliphatic rings. The van der Waals surface area contributed by atoms with Gasteiger partial charge >= 0.3 is 0 Å². The summed E-state index contributed by atoms with van der Waals surface area (Å²) in [5.74, 6) is 1.41. The number of carbonyl (C=O) groups is 1. The first kappa shape index (κ1) is 20.5. The number of rotatable bonds is 3. The number of hydrogen-bond donors (Lipinski definition) is 0. The first-order chi connectivity index (χ1) is 14.8. The van der Waals surface area contributed by atoms with Crippen LogP contribution in [0, 0.1) is 17.3 Å². The third-order valence-corrected chi connectivity index (χ3v) is 10.9. The van der Waals surface area contributed by atoms with Crippen LogP contribution in [0.4, 0.5) is 5.69 Å². The Morgan fingerprint density at radius 3 is 2.39 bits per heavy atom. The van der Waals surface area contributed by atoms with Crippen molar-refractivity contribution in [1.82, 2.24) is 4.31 Å². The number of nitrogens with zero attached hydrogens (tertiary/aromatic N) is 2. The Labute approximate surface area is 190 Å². The van der Waals surface area contributed by atoms with Crippen molar-refractivity contribution < 1.29 is 13.2 Å². The van der Waals surface area contributed by atoms with Gasteiger partial charge < -0.3 is 4.90 Å². The summed E-state index contributed by atoms with van der Waals surface area (Å²) in [5.41, 5.74) is 1.59. The highest BCUT2D eigenvalue weighted by molar-refractivity contribution is 7.89. The molecule has 2 unspecified atom stereocenters. The lowest BCUT2D eigenvalue weighted by molar-refractivity contribution is -0.141. The summed E-state index contributed by atoms with van der Waals surface area (Å²) in [4.78, 5) is 16.1. The van der Waals surface area contributed by atoms with E-state index < -0.39 is 10.0 Å². The van der Waals surface area contributed by atoms with Crippen LogP contribution in [0.1, 0.15) is 63.4 Å². The summed E-state index contributed by atoms with van der Waals surface area (Å²) < 4.78 is 27.7. The zero-order valence-electron chi connectivity index (χ0n) is 18.0. The second-order valence-corrected chi connectivity index (χ2v) is 13.6. The predicted octanol–water partition coefficient (Wildman–Crippen LogP) is 4.33. The number of amides is 1. The molecule has 2 aliphatic heterocycles. The molecule has 1 aromatic rings. The van der Waals surface area contributed by atoms with Gasteiger partial charge in [0.05, 0.1) is 10.3 Å². The smallest absolute Gasteiger partial charge is 0.243 e. The molecule has 31 heavy (non-hydrogen) atoms. The Hall–Kier alpha value is -1.11. The van der Waals surface area contributed by atoms with E-state index in [1.54, 1.807) is 10.4 Å². The lowest BCUT2D eigenvalue weighted by Gasteiger charge is -2.60. The van der Waals surface area contributed by atoms with Crippen LogP contribution in [0.3, 0.4) is 0 Å². The number of fused-ring (bicyclic) bond motifs is 1. The van der Waals surface area contributed by atoms with Crippen LogP contribution in [-0.4, -0.2) is 43.1 Å². The molecule has 7 rings (SSSR count). The molecule has 0 aromatic heterocycles. The maximum atomic E-state index is 14.0. The minimum Gasteiger partial charge on any atom is -0.312 e. The van der Waals surface area contributed by atoms with Crippen molar-refractivity contribution in [3.63, 3.8) is 0 Å². The average Bonchev–Trinajstić information content (AvgIpc) is 3.26. The average molecular weight is 463 g/mol. The van der Waals surface area contributed by atoms with Gasteiger partial charge in [-0.3, -0.25) is 4.79 Å². The van der Waals surface area contributed by atoms with Gasteiger partial charge in [0.1, 0.15) is 0 Å². The topological polar surface area (TPSA) is 57.7 Å². The largest absolute Gasteiger partial charge is 0.312 e. The van der Waals surface area contributed by atoms with E-state index in [0.717, 1.165) is 75.6 Å². The van der Waals surface area contributed by atoms with Crippen molar-refractivity contribution in [1.29, 1.82) is 0 Å². The molecule has 1 amide bonds. The summed E-state index contributed by atoms with van der Waals surface area (Å²) in [6.45, 7) is 1.93. The number of halogens is 1. The Kier molecular flexibility index (Phi) is 4.59. The van der Waals surface area contributed by atoms with Gasteiger partial charge in [0.25, 0.3) is 0 Å². The van der Waals surface area contributed by atoms with Crippen LogP contribution in [-0.2, 0) is 21.2 Å². The van der Waals surface area contributed by atoms with Gasteiger partial charge in [0, 0.05) is 30.2 Å². The van der Waals surface area contributed by atoms with E-state index >= 15 is 0 Å². The molecule has 7 heteroatoms. The molecule has 2 heterocycles. The molecule has 0 spiro atoms. The van der Waals surface area contributed by atoms with Crippen molar-refractivity contribution in [2.75, 3.05) is 24.5 Å². The molecule has 1 aromatic carbocycles. The molecule has 1 saturated heterocycles. The summed E-state index contributed by atoms with van der Waals surface area (Å²) >= 11 is 6.99. The monoisotopic (exact) mass is 462 g/mol. The van der Waals surface area contributed by atoms with Crippen LogP contribution in [0.5, 0.6) is 0 Å². The highest BCUT2D eigenvalue weighted by Gasteiger charge is 2.61. The molecule has 0 radical (unpaired) electrons. The maximum Gasteiger partial charge on any atom is 0.243 e. The Balaban J connectivity index is 1.32. The Morgan fingerprint density at radius 1 is 1.00 bits per heavy atom. The number of anilines is 1. The van der Waals surface area contributed by atoms with E-state index in [4.69, 9.17) is 11.6 Å². The Morgan fingerprint density at radius 2 is 1.71 bits per heavy atom. The zero-order chi connectivity index (χ0) is 21.4. The van der Waals surface area contributed by atoms with E-state index in [0.29, 0.717) is 29.8 Å². The van der Waals surface area contributed by atoms with E-state index in [-0.39, 0.29) is 16.2 Å². The van der Waals surface area contributed by atoms with Crippen LogP contribution >= 0.6 is 11.6 Å². The molecular formula is C24H31ClN2O3S. The molecule has 4 bridgehead atoms. The van der Waals surface area contributed by atoms with Gasteiger partial charge in [0.15, 0.2) is 0 Å². The first-order valence-corrected chi connectivity index (χ1v) is 13.7. The minimum atomic E-state index is -3.44. The van der Waals surface area contributed by atoms with Crippen molar-refractivity contribution in [2.45, 2.75) is 74.0 Å². The van der Waals surface area contributed by atoms with Gasteiger partial charge in [-0.1, -0.05) is 0 Å². The van der Waals surface area contributed by atoms with Crippen LogP contribution in [0.15, 0.2) is 23.1 Å². The summed E-state index contributed by atoms with van der Waals surface area (Å²) in [6.07, 6.45) is 9.67. The van der Waals surface area contributed by atoms with E-state index in [2.05, 4.69) is 0 Å². The van der Waals surface area contributed by atoms with E-state index in [9.17, 15) is 13.2 Å². The molecule has 4 saturated carbocycles. The van der Waals surface area contributed by atoms with Crippen LogP contribution < -0.4 is 4.90 Å². The number of carbonyl (C=O) groups excluding carboxylic acids is 1. The van der Waals surface area contributed by atoms with Gasteiger partial charge in [-0.25, -0.2) is 8.42 Å². The van der Waals surface area contributed by atoms with Crippen LogP contribution in [0.25, 0.3) is 0 Å². The lowest BCUT2D eigenvalue weighted by Crippen LogP contribution is -2.59. The standard InChI is InChI=1S/C24H31ClN2O3S/c25-24-14-17-10-18(15-24)13-23(12-17,16-24)22(28)27-9-3-4-19-11-20(5-6-21(19)27)31(29,30)26-7-1-2-8-26/h5-6,11,17-18H,1-4,7-10,12-16H2. The van der Waals surface area contributed by atoms with E-state index in [1.165, 1.54) is 6.42 Å². The number of benzene rings is 1. The molecule has 168 valence electrons. The first-order valence-electron chi connectivity index (χ1n) is 11.9. The highest BCUT2D eigenvalue weighted by atomic mass is 35.5. The summed E-state index contributed by atoms with van der Waals surface area (Å²) in [7, 11) is -3.44. The van der Waals surface area contributed by atoms with Crippen molar-refractivity contribution in [2.24, 2.45) is 17.3 Å². The summed E-state index contributed by atoms with van der Waals surface area (Å²) in [6, 6.07) is 5.41. The van der Waals surface area contributed by atoms with Gasteiger partial charge in [-0.15, -0.1) is 11.6 Å². The fraction of sp³-hybridized carbons (Fsp3) is 0.708. The van der Waals surface area contributed by atoms with Crippen molar-refractivity contribution >= 4 is 33.2 Å². The second kappa shape index (κ2) is 6.94. The Bertz CT molecular complexity index is 1020. The highest BCUT2D eigenvalue weighted by Crippen LogP contribution is 2.64. The fourth-order valence-electron chi connectivity index (χ4n) is 7.71. The zero-order valence-corrected chi connectivity index (χ0v) is 19.6. The number of aryl methyl sites for hydroxylation is 1. The van der Waals surface area contributed by atoms with Crippen LogP contribution in [0.2, 0.25) is 0 Å². The molecule has 0 N–H and O–H groups in total. The fourth-order valence-corrected chi connectivity index (χ4v) is 9.97. The van der Waals surface area contributed by atoms with Crippen molar-refractivity contribution in [3.05, 3.63) is 23.8 Å². The molecule has 4 aliphatic carbocycles. The van der Waals surface area contributed by atoms with Gasteiger partial charge in [-0.05, 0) is 99.8 Å². The number of alkyl halides is 1. The quantitative estimate of drug-likeness (QED) is 0.628. The van der Waals surface area contributed by atoms with Gasteiger partial charge in [-0.2, -0.15) is 4.31 Å².